The van der Waals surface area contributed by atoms with E-state index in [1.165, 1.54) is 6.08 Å². The van der Waals surface area contributed by atoms with Crippen LogP contribution in [0.4, 0.5) is 23.0 Å². The quantitative estimate of drug-likeness (QED) is 0.248. The summed E-state index contributed by atoms with van der Waals surface area (Å²) in [4.78, 5) is 23.4. The van der Waals surface area contributed by atoms with Gasteiger partial charge in [0.05, 0.1) is 36.8 Å². The number of methoxy groups -OCH3 is 2. The van der Waals surface area contributed by atoms with E-state index < -0.39 is 0 Å². The number of hydrogen-bond donors (Lipinski definition) is 3. The first-order valence-corrected chi connectivity index (χ1v) is 12.1. The van der Waals surface area contributed by atoms with Crippen LogP contribution >= 0.6 is 0 Å². The number of hydrogen-bond acceptors (Lipinski definition) is 8. The Morgan fingerprint density at radius 2 is 1.89 bits per heavy atom. The molecule has 0 fully saturated rings. The monoisotopic (exact) mass is 515 g/mol. The summed E-state index contributed by atoms with van der Waals surface area (Å²) >= 11 is 0. The number of ether oxygens (including phenoxy) is 2. The number of anilines is 4. The van der Waals surface area contributed by atoms with Crippen LogP contribution in [0.1, 0.15) is 6.92 Å². The maximum Gasteiger partial charge on any atom is 0.247 e. The van der Waals surface area contributed by atoms with E-state index in [-0.39, 0.29) is 11.9 Å². The summed E-state index contributed by atoms with van der Waals surface area (Å²) in [5.41, 5.74) is 2.85. The van der Waals surface area contributed by atoms with Gasteiger partial charge in [-0.3, -0.25) is 4.79 Å². The normalized spacial score (nSPS) is 11.7. The molecule has 1 amide bonds. The Labute approximate surface area is 222 Å². The predicted octanol–water partition coefficient (Wildman–Crippen LogP) is 4.67. The number of carbonyl (C=O) groups is 1. The van der Waals surface area contributed by atoms with Crippen molar-refractivity contribution < 1.29 is 14.3 Å². The molecule has 2 aromatic carbocycles. The molecule has 0 saturated carbocycles. The van der Waals surface area contributed by atoms with Crippen molar-refractivity contribution >= 4 is 39.8 Å². The number of likely N-dealkylation sites (N-methyl/N-ethyl adjacent to an activating group) is 1. The maximum atomic E-state index is 12.2. The lowest BCUT2D eigenvalue weighted by Crippen LogP contribution is -2.31. The highest BCUT2D eigenvalue weighted by molar-refractivity contribution is 6.02. The molecule has 0 spiro atoms. The first-order chi connectivity index (χ1) is 18.3. The lowest BCUT2D eigenvalue weighted by Gasteiger charge is -2.23. The fraction of sp³-hybridized carbons (Fsp3) is 0.250. The highest BCUT2D eigenvalue weighted by atomic mass is 16.5. The van der Waals surface area contributed by atoms with Crippen LogP contribution in [0.2, 0.25) is 0 Å². The van der Waals surface area contributed by atoms with Gasteiger partial charge in [-0.15, -0.1) is 0 Å². The fourth-order valence-electron chi connectivity index (χ4n) is 3.90. The van der Waals surface area contributed by atoms with Gasteiger partial charge < -0.3 is 34.9 Å². The van der Waals surface area contributed by atoms with E-state index in [4.69, 9.17) is 14.5 Å². The van der Waals surface area contributed by atoms with Gasteiger partial charge in [-0.05, 0) is 57.4 Å². The molecule has 2 heterocycles. The largest absolute Gasteiger partial charge is 0.496 e. The summed E-state index contributed by atoms with van der Waals surface area (Å²) in [5, 5.41) is 10.5. The number of nitrogens with one attached hydrogen (secondary N) is 3. The zero-order chi connectivity index (χ0) is 27.2. The van der Waals surface area contributed by atoms with Gasteiger partial charge in [-0.2, -0.15) is 4.98 Å². The van der Waals surface area contributed by atoms with Gasteiger partial charge in [-0.1, -0.05) is 12.6 Å². The molecule has 2 aromatic heterocycles. The van der Waals surface area contributed by atoms with Crippen molar-refractivity contribution in [2.75, 3.05) is 50.8 Å². The predicted molar refractivity (Wildman–Crippen MR) is 152 cm³/mol. The first kappa shape index (κ1) is 26.5. The van der Waals surface area contributed by atoms with Crippen molar-refractivity contribution in [2.24, 2.45) is 0 Å². The second-order valence-electron chi connectivity index (χ2n) is 8.93. The highest BCUT2D eigenvalue weighted by Crippen LogP contribution is 2.36. The molecule has 10 nitrogen and oxygen atoms in total. The maximum absolute atomic E-state index is 12.2. The molecule has 0 radical (unpaired) electrons. The SMILES string of the molecule is C=CC(=O)Nc1cc(Nc2nccc(-n3ccc4c(OC)cccc43)n2)c(OC)cc1NCC(C)N(C)C. The number of rotatable bonds is 11. The lowest BCUT2D eigenvalue weighted by atomic mass is 10.2. The van der Waals surface area contributed by atoms with E-state index in [0.717, 1.165) is 22.3 Å². The van der Waals surface area contributed by atoms with Crippen LogP contribution in [0, 0.1) is 0 Å². The highest BCUT2D eigenvalue weighted by Gasteiger charge is 2.16. The smallest absolute Gasteiger partial charge is 0.247 e. The molecule has 1 unspecified atom stereocenters. The molecule has 198 valence electrons. The molecular weight excluding hydrogens is 482 g/mol. The number of carbonyl (C=O) groups excluding carboxylic acids is 1. The van der Waals surface area contributed by atoms with Crippen LogP contribution in [-0.2, 0) is 4.79 Å². The number of benzene rings is 2. The van der Waals surface area contributed by atoms with Crippen molar-refractivity contribution in [1.82, 2.24) is 19.4 Å². The third-order valence-corrected chi connectivity index (χ3v) is 6.30. The molecule has 0 saturated heterocycles. The number of nitrogens with zero attached hydrogens (tertiary/aromatic N) is 4. The molecule has 0 bridgehead atoms. The molecule has 10 heteroatoms. The molecule has 0 aliphatic heterocycles. The Balaban J connectivity index is 1.68. The van der Waals surface area contributed by atoms with E-state index in [2.05, 4.69) is 39.3 Å². The van der Waals surface area contributed by atoms with Crippen LogP contribution in [0.15, 0.2) is 67.5 Å². The van der Waals surface area contributed by atoms with Crippen LogP contribution < -0.4 is 25.4 Å². The Kier molecular flexibility index (Phi) is 8.12. The van der Waals surface area contributed by atoms with Crippen LogP contribution in [0.5, 0.6) is 11.5 Å². The Morgan fingerprint density at radius 3 is 2.61 bits per heavy atom. The summed E-state index contributed by atoms with van der Waals surface area (Å²) in [6.07, 6.45) is 4.85. The van der Waals surface area contributed by atoms with Gasteiger partial charge in [0.1, 0.15) is 17.3 Å². The van der Waals surface area contributed by atoms with E-state index in [1.807, 2.05) is 61.3 Å². The molecule has 38 heavy (non-hydrogen) atoms. The Hall–Kier alpha value is -4.57. The van der Waals surface area contributed by atoms with Gasteiger partial charge in [0.25, 0.3) is 0 Å². The van der Waals surface area contributed by atoms with E-state index in [1.54, 1.807) is 26.5 Å². The summed E-state index contributed by atoms with van der Waals surface area (Å²) in [6, 6.07) is 13.6. The summed E-state index contributed by atoms with van der Waals surface area (Å²) in [5.74, 6) is 2.08. The van der Waals surface area contributed by atoms with Crippen LogP contribution in [0.3, 0.4) is 0 Å². The second-order valence-corrected chi connectivity index (χ2v) is 8.93. The topological polar surface area (TPSA) is 106 Å². The van der Waals surface area contributed by atoms with Crippen LogP contribution in [-0.4, -0.2) is 66.2 Å². The minimum absolute atomic E-state index is 0.266. The molecule has 0 aliphatic carbocycles. The van der Waals surface area contributed by atoms with Gasteiger partial charge in [0, 0.05) is 36.4 Å². The van der Waals surface area contributed by atoms with Gasteiger partial charge in [-0.25, -0.2) is 4.98 Å². The van der Waals surface area contributed by atoms with Crippen molar-refractivity contribution in [3.05, 3.63) is 67.5 Å². The standard InChI is InChI=1S/C28H33N7O3/c1-7-27(36)31-21-15-22(25(38-6)16-20(21)30-17-18(2)34(3)4)32-28-29-13-11-26(33-28)35-14-12-19-23(35)9-8-10-24(19)37-5/h7-16,18,30H,1,17H2,2-6H3,(H,31,36)(H,29,32,33). The molecule has 4 aromatic rings. The molecular formula is C28H33N7O3. The Bertz CT molecular complexity index is 1450. The van der Waals surface area contributed by atoms with E-state index in [0.29, 0.717) is 35.4 Å². The molecule has 4 rings (SSSR count). The zero-order valence-corrected chi connectivity index (χ0v) is 22.3. The van der Waals surface area contributed by atoms with Gasteiger partial charge >= 0.3 is 0 Å². The summed E-state index contributed by atoms with van der Waals surface area (Å²) in [6.45, 7) is 6.34. The average Bonchev–Trinajstić information content (AvgIpc) is 3.37. The molecule has 0 aliphatic rings. The first-order valence-electron chi connectivity index (χ1n) is 12.1. The third-order valence-electron chi connectivity index (χ3n) is 6.30. The van der Waals surface area contributed by atoms with E-state index in [9.17, 15) is 4.79 Å². The molecule has 1 atom stereocenters. The van der Waals surface area contributed by atoms with Crippen LogP contribution in [0.25, 0.3) is 16.7 Å². The average molecular weight is 516 g/mol. The number of amides is 1. The summed E-state index contributed by atoms with van der Waals surface area (Å²) in [7, 11) is 7.27. The Morgan fingerprint density at radius 1 is 1.11 bits per heavy atom. The minimum Gasteiger partial charge on any atom is -0.496 e. The van der Waals surface area contributed by atoms with Gasteiger partial charge in [0.15, 0.2) is 0 Å². The second kappa shape index (κ2) is 11.7. The number of fused-ring (bicyclic) bond motifs is 1. The fourth-order valence-corrected chi connectivity index (χ4v) is 3.90. The third kappa shape index (κ3) is 5.70. The van der Waals surface area contributed by atoms with Crippen molar-refractivity contribution in [3.8, 4) is 17.3 Å². The van der Waals surface area contributed by atoms with Gasteiger partial charge in [0.2, 0.25) is 11.9 Å². The number of aromatic nitrogens is 3. The minimum atomic E-state index is -0.321. The van der Waals surface area contributed by atoms with E-state index >= 15 is 0 Å². The van der Waals surface area contributed by atoms with Crippen molar-refractivity contribution in [2.45, 2.75) is 13.0 Å². The summed E-state index contributed by atoms with van der Waals surface area (Å²) < 4.78 is 13.1. The lowest BCUT2D eigenvalue weighted by molar-refractivity contribution is -0.111. The molecule has 3 N–H and O–H groups in total. The van der Waals surface area contributed by atoms with Crippen molar-refractivity contribution in [1.29, 1.82) is 0 Å². The van der Waals surface area contributed by atoms with Crippen molar-refractivity contribution in [3.63, 3.8) is 0 Å². The zero-order valence-electron chi connectivity index (χ0n) is 22.3.